The van der Waals surface area contributed by atoms with Gasteiger partial charge in [0.2, 0.25) is 0 Å². The van der Waals surface area contributed by atoms with Crippen LogP contribution in [0.25, 0.3) is 28.2 Å². The van der Waals surface area contributed by atoms with Gasteiger partial charge in [0, 0.05) is 16.5 Å². The van der Waals surface area contributed by atoms with Crippen LogP contribution < -0.4 is 0 Å². The fraction of sp³-hybridized carbons (Fsp3) is 0.130. The minimum Gasteiger partial charge on any atom is -0.465 e. The number of carbonyl (C=O) groups excluding carboxylic acids is 2. The molecule has 0 aliphatic carbocycles. The minimum atomic E-state index is -0.686. The summed E-state index contributed by atoms with van der Waals surface area (Å²) in [4.78, 5) is 30.0. The number of aryl methyl sites for hydroxylation is 1. The van der Waals surface area contributed by atoms with E-state index in [0.29, 0.717) is 16.9 Å². The number of hydrogen-bond donors (Lipinski definition) is 0. The van der Waals surface area contributed by atoms with Crippen molar-refractivity contribution in [2.24, 2.45) is 0 Å². The Morgan fingerprint density at radius 1 is 0.935 bits per heavy atom. The zero-order valence-electron chi connectivity index (χ0n) is 17.2. The van der Waals surface area contributed by atoms with Gasteiger partial charge in [0.15, 0.2) is 5.69 Å². The summed E-state index contributed by atoms with van der Waals surface area (Å²) in [5.41, 5.74) is 3.36. The number of benzene rings is 2. The van der Waals surface area contributed by atoms with Gasteiger partial charge in [-0.25, -0.2) is 19.3 Å². The van der Waals surface area contributed by atoms with Crippen molar-refractivity contribution in [3.05, 3.63) is 76.2 Å². The molecule has 0 unspecified atom stereocenters. The molecule has 0 fully saturated rings. The topological polar surface area (TPSA) is 83.3 Å². The average molecular weight is 433 g/mol. The zero-order valence-corrected chi connectivity index (χ0v) is 18.0. The summed E-state index contributed by atoms with van der Waals surface area (Å²) < 4.78 is 11.4. The molecule has 31 heavy (non-hydrogen) atoms. The maximum absolute atomic E-state index is 12.8. The Morgan fingerprint density at radius 2 is 1.65 bits per heavy atom. The van der Waals surface area contributed by atoms with Crippen LogP contribution in [-0.4, -0.2) is 40.9 Å². The van der Waals surface area contributed by atoms with E-state index in [-0.39, 0.29) is 11.3 Å². The van der Waals surface area contributed by atoms with E-state index in [1.807, 2.05) is 54.8 Å². The number of hydrogen-bond acceptors (Lipinski definition) is 7. The molecule has 4 rings (SSSR count). The summed E-state index contributed by atoms with van der Waals surface area (Å²) in [6.45, 7) is 1.94. The molecule has 2 aromatic heterocycles. The van der Waals surface area contributed by atoms with Gasteiger partial charge < -0.3 is 9.47 Å². The summed E-state index contributed by atoms with van der Waals surface area (Å²) in [5, 5.41) is 7.55. The molecule has 156 valence electrons. The zero-order chi connectivity index (χ0) is 22.0. The van der Waals surface area contributed by atoms with Crippen LogP contribution in [0.5, 0.6) is 0 Å². The Morgan fingerprint density at radius 3 is 2.29 bits per heavy atom. The monoisotopic (exact) mass is 433 g/mol. The highest BCUT2D eigenvalue weighted by Gasteiger charge is 2.31. The number of rotatable bonds is 5. The second-order valence-corrected chi connectivity index (χ2v) is 7.70. The molecule has 7 nitrogen and oxygen atoms in total. The van der Waals surface area contributed by atoms with Gasteiger partial charge in [0.05, 0.1) is 30.6 Å². The highest BCUT2D eigenvalue weighted by Crippen LogP contribution is 2.32. The van der Waals surface area contributed by atoms with Crippen molar-refractivity contribution in [3.8, 4) is 28.2 Å². The van der Waals surface area contributed by atoms with Gasteiger partial charge in [-0.15, -0.1) is 11.3 Å². The first-order valence-corrected chi connectivity index (χ1v) is 10.3. The number of esters is 2. The van der Waals surface area contributed by atoms with Gasteiger partial charge >= 0.3 is 11.9 Å². The van der Waals surface area contributed by atoms with E-state index < -0.39 is 11.9 Å². The lowest BCUT2D eigenvalue weighted by Gasteiger charge is -2.07. The van der Waals surface area contributed by atoms with E-state index in [1.165, 1.54) is 18.9 Å². The number of nitrogens with zero attached hydrogens (tertiary/aromatic N) is 3. The maximum atomic E-state index is 12.8. The van der Waals surface area contributed by atoms with E-state index in [4.69, 9.17) is 9.47 Å². The average Bonchev–Trinajstić information content (AvgIpc) is 3.43. The van der Waals surface area contributed by atoms with Crippen LogP contribution in [0, 0.1) is 6.92 Å². The van der Waals surface area contributed by atoms with Crippen molar-refractivity contribution in [3.63, 3.8) is 0 Å². The summed E-state index contributed by atoms with van der Waals surface area (Å²) in [6, 6.07) is 16.6. The largest absolute Gasteiger partial charge is 0.465 e. The Labute approximate surface area is 182 Å². The quantitative estimate of drug-likeness (QED) is 0.430. The van der Waals surface area contributed by atoms with Crippen LogP contribution in [0.3, 0.4) is 0 Å². The molecular formula is C23H19N3O4S. The molecule has 0 N–H and O–H groups in total. The Bertz CT molecular complexity index is 1260. The molecule has 0 saturated heterocycles. The van der Waals surface area contributed by atoms with Crippen LogP contribution in [0.15, 0.2) is 60.0 Å². The van der Waals surface area contributed by atoms with E-state index in [0.717, 1.165) is 16.3 Å². The third-order valence-electron chi connectivity index (χ3n) is 4.71. The maximum Gasteiger partial charge on any atom is 0.357 e. The predicted molar refractivity (Wildman–Crippen MR) is 118 cm³/mol. The van der Waals surface area contributed by atoms with E-state index in [1.54, 1.807) is 23.5 Å². The van der Waals surface area contributed by atoms with Crippen LogP contribution in [0.2, 0.25) is 0 Å². The minimum absolute atomic E-state index is 0.00505. The van der Waals surface area contributed by atoms with Gasteiger partial charge in [-0.1, -0.05) is 36.4 Å². The number of para-hydroxylation sites is 1. The number of carbonyl (C=O) groups is 2. The molecule has 2 aromatic carbocycles. The molecule has 0 amide bonds. The van der Waals surface area contributed by atoms with Crippen molar-refractivity contribution in [2.75, 3.05) is 14.2 Å². The first-order valence-electron chi connectivity index (χ1n) is 9.41. The Balaban J connectivity index is 1.97. The van der Waals surface area contributed by atoms with Crippen LogP contribution in [0.1, 0.15) is 25.9 Å². The molecule has 0 aliphatic rings. The lowest BCUT2D eigenvalue weighted by atomic mass is 10.0. The van der Waals surface area contributed by atoms with Crippen molar-refractivity contribution in [1.29, 1.82) is 0 Å². The number of methoxy groups -OCH3 is 2. The van der Waals surface area contributed by atoms with Crippen LogP contribution in [-0.2, 0) is 9.47 Å². The highest BCUT2D eigenvalue weighted by molar-refractivity contribution is 7.09. The lowest BCUT2D eigenvalue weighted by Crippen LogP contribution is -2.15. The third kappa shape index (κ3) is 3.85. The fourth-order valence-corrected chi connectivity index (χ4v) is 3.90. The molecule has 0 aliphatic heterocycles. The summed E-state index contributed by atoms with van der Waals surface area (Å²) in [7, 11) is 2.53. The summed E-state index contributed by atoms with van der Waals surface area (Å²) in [6.07, 6.45) is 0. The number of ether oxygens (including phenoxy) is 2. The summed E-state index contributed by atoms with van der Waals surface area (Å²) >= 11 is 1.56. The van der Waals surface area contributed by atoms with Crippen molar-refractivity contribution >= 4 is 23.3 Å². The molecule has 4 aromatic rings. The van der Waals surface area contributed by atoms with E-state index >= 15 is 0 Å². The first-order chi connectivity index (χ1) is 15.0. The molecule has 2 heterocycles. The van der Waals surface area contributed by atoms with Crippen molar-refractivity contribution < 1.29 is 19.1 Å². The van der Waals surface area contributed by atoms with Gasteiger partial charge in [-0.3, -0.25) is 0 Å². The SMILES string of the molecule is COC(=O)c1c(-c2cccc(-c3csc(C)n3)c2)nn(-c2ccccc2)c1C(=O)OC. The predicted octanol–water partition coefficient (Wildman–Crippen LogP) is 4.54. The van der Waals surface area contributed by atoms with Gasteiger partial charge in [0.1, 0.15) is 11.3 Å². The number of thiazole rings is 1. The Hall–Kier alpha value is -3.78. The second kappa shape index (κ2) is 8.53. The van der Waals surface area contributed by atoms with E-state index in [9.17, 15) is 9.59 Å². The van der Waals surface area contributed by atoms with Crippen LogP contribution in [0.4, 0.5) is 0 Å². The molecule has 0 bridgehead atoms. The molecule has 0 saturated carbocycles. The smallest absolute Gasteiger partial charge is 0.357 e. The van der Waals surface area contributed by atoms with Gasteiger partial charge in [-0.05, 0) is 25.1 Å². The lowest BCUT2D eigenvalue weighted by molar-refractivity contribution is 0.0549. The van der Waals surface area contributed by atoms with Gasteiger partial charge in [-0.2, -0.15) is 5.10 Å². The van der Waals surface area contributed by atoms with Crippen molar-refractivity contribution in [2.45, 2.75) is 6.92 Å². The standard InChI is InChI=1S/C23H19N3O4S/c1-14-24-18(13-31-14)15-8-7-9-16(12-15)20-19(22(27)29-2)21(23(28)30-3)26(25-20)17-10-5-4-6-11-17/h4-13H,1-3H3. The molecule has 0 radical (unpaired) electrons. The van der Waals surface area contributed by atoms with Crippen LogP contribution >= 0.6 is 11.3 Å². The fourth-order valence-electron chi connectivity index (χ4n) is 3.28. The van der Waals surface area contributed by atoms with E-state index in [2.05, 4.69) is 10.1 Å². The number of aromatic nitrogens is 3. The van der Waals surface area contributed by atoms with Gasteiger partial charge in [0.25, 0.3) is 0 Å². The molecule has 0 atom stereocenters. The third-order valence-corrected chi connectivity index (χ3v) is 5.48. The first kappa shape index (κ1) is 20.5. The highest BCUT2D eigenvalue weighted by atomic mass is 32.1. The second-order valence-electron chi connectivity index (χ2n) is 6.64. The normalized spacial score (nSPS) is 10.7. The molecular weight excluding hydrogens is 414 g/mol. The van der Waals surface area contributed by atoms with Crippen molar-refractivity contribution in [1.82, 2.24) is 14.8 Å². The summed E-state index contributed by atoms with van der Waals surface area (Å²) in [5.74, 6) is -1.36. The Kier molecular flexibility index (Phi) is 5.64. The molecule has 0 spiro atoms. The molecule has 8 heteroatoms.